The molecule has 2 heterocycles. The molecule has 1 N–H and O–H groups in total. The van der Waals surface area contributed by atoms with Crippen LogP contribution in [0.1, 0.15) is 23.9 Å². The third-order valence-electron chi connectivity index (χ3n) is 3.08. The molecule has 0 aliphatic carbocycles. The summed E-state index contributed by atoms with van der Waals surface area (Å²) in [6, 6.07) is 3.11. The van der Waals surface area contributed by atoms with Crippen LogP contribution in [0.5, 0.6) is 0 Å². The van der Waals surface area contributed by atoms with Crippen LogP contribution in [0.3, 0.4) is 0 Å². The van der Waals surface area contributed by atoms with Gasteiger partial charge in [-0.3, -0.25) is 0 Å². The molecule has 2 nitrogen and oxygen atoms in total. The Hall–Kier alpha value is -0.900. The maximum absolute atomic E-state index is 13.7. The smallest absolute Gasteiger partial charge is 0.280 e. The second-order valence-corrected chi connectivity index (χ2v) is 4.23. The topological polar surface area (TPSA) is 17.0 Å². The Morgan fingerprint density at radius 1 is 1.33 bits per heavy atom. The first kappa shape index (κ1) is 10.6. The van der Waals surface area contributed by atoms with Crippen LogP contribution >= 0.6 is 0 Å². The van der Waals surface area contributed by atoms with Crippen molar-refractivity contribution >= 4 is 0 Å². The van der Waals surface area contributed by atoms with Crippen LogP contribution in [-0.4, -0.2) is 23.6 Å². The van der Waals surface area contributed by atoms with Gasteiger partial charge < -0.3 is 9.88 Å². The normalized spacial score (nSPS) is 25.5. The zero-order valence-electron chi connectivity index (χ0n) is 9.06. The van der Waals surface area contributed by atoms with E-state index in [-0.39, 0.29) is 6.54 Å². The predicted octanol–water partition coefficient (Wildman–Crippen LogP) is 2.27. The number of piperidine rings is 1. The molecular formula is C11H16F2N2. The predicted molar refractivity (Wildman–Crippen MR) is 55.4 cm³/mol. The molecule has 0 amide bonds. The van der Waals surface area contributed by atoms with Crippen LogP contribution < -0.4 is 5.32 Å². The second-order valence-electron chi connectivity index (χ2n) is 4.23. The first-order chi connectivity index (χ1) is 7.02. The van der Waals surface area contributed by atoms with Crippen molar-refractivity contribution < 1.29 is 8.78 Å². The fraction of sp³-hybridized carbons (Fsp3) is 0.636. The molecule has 0 bridgehead atoms. The van der Waals surface area contributed by atoms with Gasteiger partial charge in [0.25, 0.3) is 5.92 Å². The third-order valence-corrected chi connectivity index (χ3v) is 3.08. The quantitative estimate of drug-likeness (QED) is 0.759. The number of nitrogens with one attached hydrogen (secondary N) is 1. The molecule has 0 saturated carbocycles. The minimum absolute atomic E-state index is 0.214. The van der Waals surface area contributed by atoms with E-state index in [0.29, 0.717) is 13.0 Å². The van der Waals surface area contributed by atoms with Crippen molar-refractivity contribution in [2.45, 2.75) is 32.2 Å². The highest BCUT2D eigenvalue weighted by molar-refractivity contribution is 5.16. The number of alkyl halides is 2. The van der Waals surface area contributed by atoms with Gasteiger partial charge in [-0.25, -0.2) is 8.78 Å². The molecule has 1 atom stereocenters. The number of hydrogen-bond donors (Lipinski definition) is 1. The Morgan fingerprint density at radius 3 is 2.47 bits per heavy atom. The molecule has 1 saturated heterocycles. The number of aryl methyl sites for hydroxylation is 2. The van der Waals surface area contributed by atoms with Crippen molar-refractivity contribution in [3.63, 3.8) is 0 Å². The summed E-state index contributed by atoms with van der Waals surface area (Å²) in [5, 5.41) is 2.74. The van der Waals surface area contributed by atoms with Crippen LogP contribution in [0.2, 0.25) is 0 Å². The van der Waals surface area contributed by atoms with E-state index in [4.69, 9.17) is 0 Å². The Morgan fingerprint density at radius 2 is 1.93 bits per heavy atom. The highest BCUT2D eigenvalue weighted by Gasteiger charge is 2.43. The highest BCUT2D eigenvalue weighted by Crippen LogP contribution is 2.35. The lowest BCUT2D eigenvalue weighted by Gasteiger charge is -2.34. The molecule has 0 spiro atoms. The average Bonchev–Trinajstić information content (AvgIpc) is 2.47. The minimum Gasteiger partial charge on any atom is -0.340 e. The van der Waals surface area contributed by atoms with E-state index in [9.17, 15) is 8.78 Å². The number of hydrogen-bond acceptors (Lipinski definition) is 1. The number of nitrogens with zero attached hydrogens (tertiary/aromatic N) is 1. The van der Waals surface area contributed by atoms with E-state index < -0.39 is 12.0 Å². The largest absolute Gasteiger partial charge is 0.340 e. The van der Waals surface area contributed by atoms with E-state index >= 15 is 0 Å². The first-order valence-electron chi connectivity index (χ1n) is 5.25. The molecule has 0 radical (unpaired) electrons. The number of aromatic nitrogens is 1. The summed E-state index contributed by atoms with van der Waals surface area (Å²) < 4.78 is 29.2. The zero-order valence-corrected chi connectivity index (χ0v) is 9.06. The van der Waals surface area contributed by atoms with E-state index in [1.54, 1.807) is 4.57 Å². The molecule has 2 rings (SSSR count). The zero-order chi connectivity index (χ0) is 11.1. The molecule has 15 heavy (non-hydrogen) atoms. The van der Waals surface area contributed by atoms with E-state index in [0.717, 1.165) is 11.4 Å². The van der Waals surface area contributed by atoms with E-state index in [1.807, 2.05) is 26.0 Å². The lowest BCUT2D eigenvalue weighted by atomic mass is 10.0. The van der Waals surface area contributed by atoms with Gasteiger partial charge in [0, 0.05) is 11.4 Å². The molecule has 1 unspecified atom stereocenters. The molecule has 0 aromatic carbocycles. The molecular weight excluding hydrogens is 198 g/mol. The van der Waals surface area contributed by atoms with Gasteiger partial charge in [-0.05, 0) is 38.9 Å². The average molecular weight is 214 g/mol. The number of halogens is 2. The molecule has 1 aliphatic heterocycles. The van der Waals surface area contributed by atoms with Crippen LogP contribution in [0, 0.1) is 13.8 Å². The van der Waals surface area contributed by atoms with Gasteiger partial charge in [0.05, 0.1) is 12.6 Å². The fourth-order valence-corrected chi connectivity index (χ4v) is 2.31. The monoisotopic (exact) mass is 214 g/mol. The van der Waals surface area contributed by atoms with Crippen LogP contribution in [0.4, 0.5) is 8.78 Å². The summed E-state index contributed by atoms with van der Waals surface area (Å²) in [5.74, 6) is -2.65. The van der Waals surface area contributed by atoms with Crippen LogP contribution in [0.15, 0.2) is 12.1 Å². The highest BCUT2D eigenvalue weighted by atomic mass is 19.3. The first-order valence-corrected chi connectivity index (χ1v) is 5.25. The summed E-state index contributed by atoms with van der Waals surface area (Å²) in [6.45, 7) is 4.21. The van der Waals surface area contributed by atoms with Gasteiger partial charge in [-0.15, -0.1) is 0 Å². The SMILES string of the molecule is Cc1ccc(C)n1C1CCNCC1(F)F. The van der Waals surface area contributed by atoms with Gasteiger partial charge >= 0.3 is 0 Å². The fourth-order valence-electron chi connectivity index (χ4n) is 2.31. The molecule has 84 valence electrons. The molecule has 1 aliphatic rings. The molecule has 4 heteroatoms. The van der Waals surface area contributed by atoms with Crippen molar-refractivity contribution in [3.8, 4) is 0 Å². The summed E-state index contributed by atoms with van der Waals surface area (Å²) in [6.07, 6.45) is 0.489. The van der Waals surface area contributed by atoms with Crippen molar-refractivity contribution in [2.75, 3.05) is 13.1 Å². The van der Waals surface area contributed by atoms with Crippen LogP contribution in [-0.2, 0) is 0 Å². The van der Waals surface area contributed by atoms with E-state index in [2.05, 4.69) is 5.32 Å². The Labute approximate surface area is 88.3 Å². The Kier molecular flexibility index (Phi) is 2.54. The Bertz CT molecular complexity index is 338. The molecule has 1 fully saturated rings. The molecule has 1 aromatic rings. The van der Waals surface area contributed by atoms with Crippen molar-refractivity contribution in [2.24, 2.45) is 0 Å². The van der Waals surface area contributed by atoms with Gasteiger partial charge in [0.15, 0.2) is 0 Å². The summed E-state index contributed by atoms with van der Waals surface area (Å²) in [5.41, 5.74) is 1.83. The Balaban J connectivity index is 2.37. The molecule has 1 aromatic heterocycles. The number of rotatable bonds is 1. The maximum Gasteiger partial charge on any atom is 0.280 e. The standard InChI is InChI=1S/C11H16F2N2/c1-8-3-4-9(2)15(8)10-5-6-14-7-11(10,12)13/h3-4,10,14H,5-7H2,1-2H3. The van der Waals surface area contributed by atoms with Crippen molar-refractivity contribution in [3.05, 3.63) is 23.5 Å². The summed E-state index contributed by atoms with van der Waals surface area (Å²) in [7, 11) is 0. The lowest BCUT2D eigenvalue weighted by molar-refractivity contribution is -0.0668. The van der Waals surface area contributed by atoms with Crippen molar-refractivity contribution in [1.29, 1.82) is 0 Å². The third kappa shape index (κ3) is 1.78. The minimum atomic E-state index is -2.65. The van der Waals surface area contributed by atoms with Gasteiger partial charge in [-0.1, -0.05) is 0 Å². The summed E-state index contributed by atoms with van der Waals surface area (Å²) in [4.78, 5) is 0. The maximum atomic E-state index is 13.7. The van der Waals surface area contributed by atoms with Gasteiger partial charge in [0.1, 0.15) is 0 Å². The van der Waals surface area contributed by atoms with Gasteiger partial charge in [0.2, 0.25) is 0 Å². The second kappa shape index (κ2) is 3.59. The summed E-state index contributed by atoms with van der Waals surface area (Å²) >= 11 is 0. The van der Waals surface area contributed by atoms with Gasteiger partial charge in [-0.2, -0.15) is 0 Å². The van der Waals surface area contributed by atoms with Crippen LogP contribution in [0.25, 0.3) is 0 Å². The van der Waals surface area contributed by atoms with E-state index in [1.165, 1.54) is 0 Å². The lowest BCUT2D eigenvalue weighted by Crippen LogP contribution is -2.47. The van der Waals surface area contributed by atoms with Crippen molar-refractivity contribution in [1.82, 2.24) is 9.88 Å².